The van der Waals surface area contributed by atoms with Crippen molar-refractivity contribution in [2.45, 2.75) is 57.8 Å². The third-order valence-electron chi connectivity index (χ3n) is 7.06. The first-order chi connectivity index (χ1) is 17.0. The number of amides is 1. The minimum atomic E-state index is -4.78. The molecule has 196 valence electrons. The summed E-state index contributed by atoms with van der Waals surface area (Å²) in [6, 6.07) is 3.85. The number of carbonyl (C=O) groups is 2. The number of hydrogen-bond acceptors (Lipinski definition) is 4. The highest BCUT2D eigenvalue weighted by Crippen LogP contribution is 2.47. The summed E-state index contributed by atoms with van der Waals surface area (Å²) in [5.41, 5.74) is -0.927. The lowest BCUT2D eigenvalue weighted by molar-refractivity contribution is -0.149. The van der Waals surface area contributed by atoms with Crippen molar-refractivity contribution in [2.24, 2.45) is 11.8 Å². The molecule has 1 amide bonds. The molecule has 1 aliphatic heterocycles. The van der Waals surface area contributed by atoms with E-state index in [1.807, 2.05) is 0 Å². The van der Waals surface area contributed by atoms with Gasteiger partial charge in [0.05, 0.1) is 31.3 Å². The van der Waals surface area contributed by atoms with Crippen LogP contribution in [-0.2, 0) is 28.8 Å². The fourth-order valence-corrected chi connectivity index (χ4v) is 5.50. The maximum absolute atomic E-state index is 14.4. The van der Waals surface area contributed by atoms with Crippen molar-refractivity contribution in [2.75, 3.05) is 13.2 Å². The number of benzene rings is 1. The van der Waals surface area contributed by atoms with Gasteiger partial charge in [-0.1, -0.05) is 17.7 Å². The van der Waals surface area contributed by atoms with Crippen LogP contribution in [0.3, 0.4) is 0 Å². The molecule has 2 aromatic rings. The molecule has 1 saturated carbocycles. The van der Waals surface area contributed by atoms with Crippen LogP contribution in [0, 0.1) is 17.7 Å². The maximum atomic E-state index is 14.4. The van der Waals surface area contributed by atoms with E-state index in [2.05, 4.69) is 5.10 Å². The molecule has 12 heteroatoms. The minimum absolute atomic E-state index is 0.0334. The molecular weight excluding hydrogens is 506 g/mol. The summed E-state index contributed by atoms with van der Waals surface area (Å²) in [7, 11) is 0. The fourth-order valence-electron chi connectivity index (χ4n) is 5.34. The SMILES string of the molecule is CCOC(=O)C1CCC(C2CN(C(=O)O)Cc3c2c(C(F)(F)F)nn3Cc2ccc(Cl)cc2F)CC1. The molecule has 1 aromatic heterocycles. The summed E-state index contributed by atoms with van der Waals surface area (Å²) in [5.74, 6) is -2.37. The Balaban J connectivity index is 1.72. The van der Waals surface area contributed by atoms with Gasteiger partial charge in [-0.2, -0.15) is 18.3 Å². The average molecular weight is 532 g/mol. The van der Waals surface area contributed by atoms with Gasteiger partial charge in [-0.15, -0.1) is 0 Å². The van der Waals surface area contributed by atoms with Crippen molar-refractivity contribution in [1.82, 2.24) is 14.7 Å². The number of carbonyl (C=O) groups excluding carboxylic acids is 1. The normalized spacial score (nSPS) is 22.3. The Bertz CT molecular complexity index is 1150. The van der Waals surface area contributed by atoms with Crippen molar-refractivity contribution in [3.63, 3.8) is 0 Å². The highest BCUT2D eigenvalue weighted by atomic mass is 35.5. The molecule has 0 spiro atoms. The Morgan fingerprint density at radius 2 is 1.92 bits per heavy atom. The Morgan fingerprint density at radius 1 is 1.22 bits per heavy atom. The Labute approximate surface area is 210 Å². The summed E-state index contributed by atoms with van der Waals surface area (Å²) in [5, 5.41) is 13.7. The van der Waals surface area contributed by atoms with Gasteiger partial charge in [0.1, 0.15) is 5.82 Å². The first-order valence-corrected chi connectivity index (χ1v) is 12.1. The number of esters is 1. The lowest BCUT2D eigenvalue weighted by atomic mass is 9.72. The van der Waals surface area contributed by atoms with Crippen LogP contribution < -0.4 is 0 Å². The lowest BCUT2D eigenvalue weighted by Crippen LogP contribution is -2.41. The minimum Gasteiger partial charge on any atom is -0.466 e. The van der Waals surface area contributed by atoms with Crippen molar-refractivity contribution in [1.29, 1.82) is 0 Å². The summed E-state index contributed by atoms with van der Waals surface area (Å²) in [4.78, 5) is 25.1. The summed E-state index contributed by atoms with van der Waals surface area (Å²) >= 11 is 5.79. The monoisotopic (exact) mass is 531 g/mol. The lowest BCUT2D eigenvalue weighted by Gasteiger charge is -2.39. The van der Waals surface area contributed by atoms with Crippen LogP contribution in [0.5, 0.6) is 0 Å². The molecule has 2 heterocycles. The Kier molecular flexibility index (Phi) is 7.49. The summed E-state index contributed by atoms with van der Waals surface area (Å²) < 4.78 is 63.0. The van der Waals surface area contributed by atoms with E-state index in [-0.39, 0.29) is 65.9 Å². The van der Waals surface area contributed by atoms with Gasteiger partial charge >= 0.3 is 18.2 Å². The van der Waals surface area contributed by atoms with E-state index in [9.17, 15) is 32.3 Å². The summed E-state index contributed by atoms with van der Waals surface area (Å²) in [6.45, 7) is 1.25. The second-order valence-electron chi connectivity index (χ2n) is 9.23. The molecule has 1 unspecified atom stereocenters. The van der Waals surface area contributed by atoms with Crippen LogP contribution >= 0.6 is 11.6 Å². The molecule has 0 saturated heterocycles. The van der Waals surface area contributed by atoms with Gasteiger partial charge in [0.25, 0.3) is 0 Å². The quantitative estimate of drug-likeness (QED) is 0.396. The van der Waals surface area contributed by atoms with Crippen molar-refractivity contribution in [3.8, 4) is 0 Å². The summed E-state index contributed by atoms with van der Waals surface area (Å²) in [6.07, 6.45) is -4.23. The molecule has 1 fully saturated rings. The van der Waals surface area contributed by atoms with Gasteiger partial charge in [0, 0.05) is 28.6 Å². The zero-order valence-electron chi connectivity index (χ0n) is 19.5. The van der Waals surface area contributed by atoms with Gasteiger partial charge in [-0.3, -0.25) is 9.48 Å². The number of halogens is 5. The van der Waals surface area contributed by atoms with E-state index in [0.717, 1.165) is 15.6 Å². The molecule has 0 radical (unpaired) electrons. The predicted molar refractivity (Wildman–Crippen MR) is 121 cm³/mol. The highest BCUT2D eigenvalue weighted by Gasteiger charge is 2.47. The van der Waals surface area contributed by atoms with Crippen molar-refractivity contribution < 1.29 is 37.0 Å². The topological polar surface area (TPSA) is 84.7 Å². The molecular formula is C24H26ClF4N3O4. The largest absolute Gasteiger partial charge is 0.466 e. The maximum Gasteiger partial charge on any atom is 0.435 e. The molecule has 4 rings (SSSR count). The predicted octanol–water partition coefficient (Wildman–Crippen LogP) is 5.69. The molecule has 1 aromatic carbocycles. The molecule has 7 nitrogen and oxygen atoms in total. The first kappa shape index (κ1) is 26.2. The molecule has 1 aliphatic carbocycles. The zero-order valence-corrected chi connectivity index (χ0v) is 20.3. The van der Waals surface area contributed by atoms with Gasteiger partial charge in [-0.05, 0) is 50.7 Å². The third-order valence-corrected chi connectivity index (χ3v) is 7.30. The second kappa shape index (κ2) is 10.3. The Hall–Kier alpha value is -2.82. The van der Waals surface area contributed by atoms with Crippen LogP contribution in [-0.4, -0.2) is 45.0 Å². The second-order valence-corrected chi connectivity index (χ2v) is 9.67. The van der Waals surface area contributed by atoms with Gasteiger partial charge in [-0.25, -0.2) is 9.18 Å². The molecule has 1 atom stereocenters. The van der Waals surface area contributed by atoms with Crippen LogP contribution in [0.25, 0.3) is 0 Å². The fraction of sp³-hybridized carbons (Fsp3) is 0.542. The number of fused-ring (bicyclic) bond motifs is 1. The van der Waals surface area contributed by atoms with Gasteiger partial charge in [0.2, 0.25) is 0 Å². The third kappa shape index (κ3) is 5.30. The van der Waals surface area contributed by atoms with E-state index in [4.69, 9.17) is 16.3 Å². The van der Waals surface area contributed by atoms with E-state index >= 15 is 0 Å². The molecule has 1 N–H and O–H groups in total. The van der Waals surface area contributed by atoms with Crippen molar-refractivity contribution in [3.05, 3.63) is 51.6 Å². The number of aromatic nitrogens is 2. The standard InChI is InChI=1S/C24H26ClF4N3O4/c1-2-36-22(33)14-5-3-13(4-6-14)17-11-31(23(34)35)12-19-20(17)21(24(27,28)29)30-32(19)10-15-7-8-16(25)9-18(15)26/h7-9,13-14,17H,2-6,10-12H2,1H3,(H,34,35). The smallest absolute Gasteiger partial charge is 0.435 e. The average Bonchev–Trinajstić information content (AvgIpc) is 3.19. The number of hydrogen-bond donors (Lipinski definition) is 1. The van der Waals surface area contributed by atoms with Crippen molar-refractivity contribution >= 4 is 23.7 Å². The van der Waals surface area contributed by atoms with Gasteiger partial charge < -0.3 is 14.7 Å². The van der Waals surface area contributed by atoms with E-state index in [0.29, 0.717) is 25.7 Å². The number of ether oxygens (including phenoxy) is 1. The van der Waals surface area contributed by atoms with E-state index in [1.165, 1.54) is 12.1 Å². The van der Waals surface area contributed by atoms with Crippen LogP contribution in [0.15, 0.2) is 18.2 Å². The highest BCUT2D eigenvalue weighted by molar-refractivity contribution is 6.30. The van der Waals surface area contributed by atoms with E-state index in [1.54, 1.807) is 6.92 Å². The van der Waals surface area contributed by atoms with Crippen LogP contribution in [0.2, 0.25) is 5.02 Å². The molecule has 0 bridgehead atoms. The zero-order chi connectivity index (χ0) is 26.2. The number of alkyl halides is 3. The number of carboxylic acid groups (broad SMARTS) is 1. The van der Waals surface area contributed by atoms with E-state index < -0.39 is 29.7 Å². The van der Waals surface area contributed by atoms with Crippen LogP contribution in [0.1, 0.15) is 61.0 Å². The van der Waals surface area contributed by atoms with Gasteiger partial charge in [0.15, 0.2) is 5.69 Å². The van der Waals surface area contributed by atoms with Crippen LogP contribution in [0.4, 0.5) is 22.4 Å². The Morgan fingerprint density at radius 3 is 2.50 bits per heavy atom. The molecule has 36 heavy (non-hydrogen) atoms. The first-order valence-electron chi connectivity index (χ1n) is 11.7. The number of nitrogens with zero attached hydrogens (tertiary/aromatic N) is 3. The molecule has 2 aliphatic rings. The number of rotatable bonds is 5.